The van der Waals surface area contributed by atoms with Gasteiger partial charge in [0, 0.05) is 24.3 Å². The van der Waals surface area contributed by atoms with E-state index in [1.54, 1.807) is 11.8 Å². The topological polar surface area (TPSA) is 55.1 Å². The molecule has 0 aromatic rings. The Labute approximate surface area is 97.6 Å². The summed E-state index contributed by atoms with van der Waals surface area (Å²) in [6, 6.07) is 0.138. The van der Waals surface area contributed by atoms with Crippen molar-refractivity contribution >= 4 is 17.7 Å². The lowest BCUT2D eigenvalue weighted by Crippen LogP contribution is -2.42. The lowest BCUT2D eigenvalue weighted by atomic mass is 9.85. The van der Waals surface area contributed by atoms with Gasteiger partial charge < -0.3 is 11.1 Å². The summed E-state index contributed by atoms with van der Waals surface area (Å²) in [5, 5.41) is 2.94. The normalized spacial score (nSPS) is 15.9. The fraction of sp³-hybridized carbons (Fsp3) is 0.909. The van der Waals surface area contributed by atoms with Gasteiger partial charge in [-0.1, -0.05) is 20.8 Å². The van der Waals surface area contributed by atoms with E-state index in [1.165, 1.54) is 0 Å². The summed E-state index contributed by atoms with van der Waals surface area (Å²) in [7, 11) is 0. The minimum Gasteiger partial charge on any atom is -0.353 e. The van der Waals surface area contributed by atoms with Gasteiger partial charge in [0.05, 0.1) is 0 Å². The lowest BCUT2D eigenvalue weighted by molar-refractivity contribution is -0.122. The Balaban J connectivity index is 3.94. The Bertz CT molecular complexity index is 201. The molecule has 0 rings (SSSR count). The molecule has 0 fully saturated rings. The molecule has 2 atom stereocenters. The van der Waals surface area contributed by atoms with Gasteiger partial charge in [0.1, 0.15) is 0 Å². The van der Waals surface area contributed by atoms with E-state index in [1.807, 2.05) is 13.2 Å². The van der Waals surface area contributed by atoms with Gasteiger partial charge in [0.25, 0.3) is 0 Å². The van der Waals surface area contributed by atoms with E-state index < -0.39 is 0 Å². The van der Waals surface area contributed by atoms with Gasteiger partial charge >= 0.3 is 0 Å². The molecule has 0 bridgehead atoms. The molecule has 0 aromatic carbocycles. The van der Waals surface area contributed by atoms with Crippen molar-refractivity contribution < 1.29 is 4.79 Å². The molecule has 0 saturated carbocycles. The number of carbonyl (C=O) groups is 1. The average molecular weight is 232 g/mol. The second kappa shape index (κ2) is 6.38. The van der Waals surface area contributed by atoms with Crippen LogP contribution in [0.5, 0.6) is 0 Å². The molecule has 3 N–H and O–H groups in total. The summed E-state index contributed by atoms with van der Waals surface area (Å²) in [5.74, 6) is 0.996. The Morgan fingerprint density at radius 2 is 2.00 bits per heavy atom. The molecule has 3 nitrogen and oxygen atoms in total. The molecule has 0 aliphatic carbocycles. The highest BCUT2D eigenvalue weighted by atomic mass is 32.2. The van der Waals surface area contributed by atoms with Crippen LogP contribution in [0.15, 0.2) is 0 Å². The molecule has 0 saturated heterocycles. The first-order chi connectivity index (χ1) is 6.77. The summed E-state index contributed by atoms with van der Waals surface area (Å²) < 4.78 is 0. The van der Waals surface area contributed by atoms with E-state index in [9.17, 15) is 4.79 Å². The highest BCUT2D eigenvalue weighted by Gasteiger charge is 2.23. The summed E-state index contributed by atoms with van der Waals surface area (Å²) >= 11 is 1.73. The lowest BCUT2D eigenvalue weighted by Gasteiger charge is -2.27. The van der Waals surface area contributed by atoms with Crippen LogP contribution in [0.25, 0.3) is 0 Å². The third kappa shape index (κ3) is 6.79. The highest BCUT2D eigenvalue weighted by molar-refractivity contribution is 7.98. The van der Waals surface area contributed by atoms with Crippen LogP contribution in [-0.4, -0.2) is 30.0 Å². The van der Waals surface area contributed by atoms with Crippen molar-refractivity contribution in [2.24, 2.45) is 11.1 Å². The third-order valence-electron chi connectivity index (χ3n) is 2.34. The molecule has 0 radical (unpaired) electrons. The maximum atomic E-state index is 11.6. The number of carbonyl (C=O) groups excluding carboxylic acids is 1. The standard InChI is InChI=1S/C11H24N2OS/c1-8(7-15-5)13-10(14)6-9(12)11(2,3)4/h8-9H,6-7,12H2,1-5H3,(H,13,14). The molecule has 0 aromatic heterocycles. The van der Waals surface area contributed by atoms with Gasteiger partial charge in [-0.25, -0.2) is 0 Å². The predicted molar refractivity (Wildman–Crippen MR) is 68.0 cm³/mol. The van der Waals surface area contributed by atoms with Crippen LogP contribution in [0, 0.1) is 5.41 Å². The molecule has 0 heterocycles. The summed E-state index contributed by atoms with van der Waals surface area (Å²) in [5.41, 5.74) is 5.92. The number of rotatable bonds is 5. The number of hydrogen-bond acceptors (Lipinski definition) is 3. The van der Waals surface area contributed by atoms with Crippen LogP contribution in [0.2, 0.25) is 0 Å². The Hall–Kier alpha value is -0.220. The van der Waals surface area contributed by atoms with Crippen LogP contribution in [-0.2, 0) is 4.79 Å². The van der Waals surface area contributed by atoms with Crippen LogP contribution >= 0.6 is 11.8 Å². The first-order valence-corrected chi connectivity index (χ1v) is 6.70. The molecule has 1 amide bonds. The Morgan fingerprint density at radius 3 is 2.40 bits per heavy atom. The fourth-order valence-electron chi connectivity index (χ4n) is 1.13. The first-order valence-electron chi connectivity index (χ1n) is 5.31. The zero-order chi connectivity index (χ0) is 12.1. The second-order valence-electron chi connectivity index (χ2n) is 5.10. The van der Waals surface area contributed by atoms with Crippen molar-refractivity contribution in [3.05, 3.63) is 0 Å². The summed E-state index contributed by atoms with van der Waals surface area (Å²) in [6.07, 6.45) is 2.44. The maximum absolute atomic E-state index is 11.6. The maximum Gasteiger partial charge on any atom is 0.221 e. The number of thioether (sulfide) groups is 1. The summed E-state index contributed by atoms with van der Waals surface area (Å²) in [6.45, 7) is 8.17. The van der Waals surface area contributed by atoms with Crippen molar-refractivity contribution in [3.63, 3.8) is 0 Å². The second-order valence-corrected chi connectivity index (χ2v) is 6.01. The van der Waals surface area contributed by atoms with Gasteiger partial charge in [0.2, 0.25) is 5.91 Å². The van der Waals surface area contributed by atoms with E-state index in [2.05, 4.69) is 26.1 Å². The minimum atomic E-state index is -0.0843. The Morgan fingerprint density at radius 1 is 1.47 bits per heavy atom. The number of nitrogens with two attached hydrogens (primary N) is 1. The Kier molecular flexibility index (Phi) is 6.29. The van der Waals surface area contributed by atoms with E-state index in [4.69, 9.17) is 5.73 Å². The molecule has 0 spiro atoms. The molecule has 90 valence electrons. The van der Waals surface area contributed by atoms with E-state index in [0.717, 1.165) is 5.75 Å². The van der Waals surface area contributed by atoms with E-state index >= 15 is 0 Å². The summed E-state index contributed by atoms with van der Waals surface area (Å²) in [4.78, 5) is 11.6. The van der Waals surface area contributed by atoms with Gasteiger partial charge in [-0.2, -0.15) is 11.8 Å². The van der Waals surface area contributed by atoms with Crippen LogP contribution in [0.1, 0.15) is 34.1 Å². The molecular weight excluding hydrogens is 208 g/mol. The zero-order valence-electron chi connectivity index (χ0n) is 10.5. The largest absolute Gasteiger partial charge is 0.353 e. The van der Waals surface area contributed by atoms with Crippen molar-refractivity contribution in [1.82, 2.24) is 5.32 Å². The molecular formula is C11H24N2OS. The highest BCUT2D eigenvalue weighted by Crippen LogP contribution is 2.19. The number of amides is 1. The van der Waals surface area contributed by atoms with Gasteiger partial charge in [0.15, 0.2) is 0 Å². The van der Waals surface area contributed by atoms with Crippen molar-refractivity contribution in [1.29, 1.82) is 0 Å². The predicted octanol–water partition coefficient (Wildman–Crippen LogP) is 1.62. The minimum absolute atomic E-state index is 0.0138. The molecule has 2 unspecified atom stereocenters. The van der Waals surface area contributed by atoms with E-state index in [0.29, 0.717) is 6.42 Å². The zero-order valence-corrected chi connectivity index (χ0v) is 11.3. The van der Waals surface area contributed by atoms with Crippen molar-refractivity contribution in [2.45, 2.75) is 46.2 Å². The van der Waals surface area contributed by atoms with Gasteiger partial charge in [-0.15, -0.1) is 0 Å². The first kappa shape index (κ1) is 14.8. The monoisotopic (exact) mass is 232 g/mol. The SMILES string of the molecule is CSCC(C)NC(=O)CC(N)C(C)(C)C. The van der Waals surface area contributed by atoms with Crippen molar-refractivity contribution in [2.75, 3.05) is 12.0 Å². The fourth-order valence-corrected chi connectivity index (χ4v) is 1.71. The van der Waals surface area contributed by atoms with Crippen molar-refractivity contribution in [3.8, 4) is 0 Å². The number of hydrogen-bond donors (Lipinski definition) is 2. The average Bonchev–Trinajstić information content (AvgIpc) is 2.01. The van der Waals surface area contributed by atoms with Crippen LogP contribution in [0.4, 0.5) is 0 Å². The number of nitrogens with one attached hydrogen (secondary N) is 1. The van der Waals surface area contributed by atoms with Gasteiger partial charge in [-0.05, 0) is 18.6 Å². The quantitative estimate of drug-likeness (QED) is 0.757. The van der Waals surface area contributed by atoms with Crippen LogP contribution in [0.3, 0.4) is 0 Å². The smallest absolute Gasteiger partial charge is 0.221 e. The third-order valence-corrected chi connectivity index (χ3v) is 3.18. The van der Waals surface area contributed by atoms with Gasteiger partial charge in [-0.3, -0.25) is 4.79 Å². The molecule has 0 aliphatic heterocycles. The molecule has 4 heteroatoms. The molecule has 15 heavy (non-hydrogen) atoms. The van der Waals surface area contributed by atoms with E-state index in [-0.39, 0.29) is 23.4 Å². The van der Waals surface area contributed by atoms with Crippen LogP contribution < -0.4 is 11.1 Å². The molecule has 0 aliphatic rings.